The first-order chi connectivity index (χ1) is 21.2. The van der Waals surface area contributed by atoms with E-state index in [4.69, 9.17) is 16.6 Å². The van der Waals surface area contributed by atoms with E-state index in [2.05, 4.69) is 35.2 Å². The van der Waals surface area contributed by atoms with Gasteiger partial charge in [0.15, 0.2) is 0 Å². The first-order valence-corrected chi connectivity index (χ1v) is 15.5. The van der Waals surface area contributed by atoms with Gasteiger partial charge in [-0.3, -0.25) is 25.4 Å². The number of allylic oxidation sites excluding steroid dienone is 6. The average Bonchev–Trinajstić information content (AvgIpc) is 3.01. The van der Waals surface area contributed by atoms with Crippen molar-refractivity contribution in [1.29, 1.82) is 0 Å². The summed E-state index contributed by atoms with van der Waals surface area (Å²) in [4.78, 5) is 40.7. The van der Waals surface area contributed by atoms with Crippen molar-refractivity contribution >= 4 is 56.5 Å². The molecular weight excluding hydrogens is 604 g/mol. The minimum atomic E-state index is -0.561. The van der Waals surface area contributed by atoms with Crippen LogP contribution in [0.1, 0.15) is 52.0 Å². The van der Waals surface area contributed by atoms with Crippen LogP contribution in [0.2, 0.25) is 5.02 Å². The highest BCUT2D eigenvalue weighted by atomic mass is 35.5. The normalized spacial score (nSPS) is 18.9. The van der Waals surface area contributed by atoms with Gasteiger partial charge in [-0.1, -0.05) is 37.9 Å². The maximum atomic E-state index is 14.0. The highest BCUT2D eigenvalue weighted by molar-refractivity contribution is 7.27. The molecule has 4 N–H and O–H groups in total. The molecule has 2 aliphatic rings. The monoisotopic (exact) mass is 643 g/mol. The highest BCUT2D eigenvalue weighted by Gasteiger charge is 2.23. The minimum absolute atomic E-state index is 0.0170. The molecule has 44 heavy (non-hydrogen) atoms. The third-order valence-corrected chi connectivity index (χ3v) is 7.75. The molecule has 0 radical (unpaired) electrons. The van der Waals surface area contributed by atoms with Gasteiger partial charge in [-0.25, -0.2) is 14.2 Å². The van der Waals surface area contributed by atoms with Crippen molar-refractivity contribution in [3.63, 3.8) is 0 Å². The van der Waals surface area contributed by atoms with E-state index in [1.165, 1.54) is 17.0 Å². The maximum Gasteiger partial charge on any atom is 0.324 e. The van der Waals surface area contributed by atoms with Gasteiger partial charge in [0, 0.05) is 19.4 Å². The smallest absolute Gasteiger partial charge is 0.324 e. The Morgan fingerprint density at radius 1 is 1.34 bits per heavy atom. The van der Waals surface area contributed by atoms with Gasteiger partial charge in [0.2, 0.25) is 12.4 Å². The summed E-state index contributed by atoms with van der Waals surface area (Å²) < 4.78 is 14.0. The number of hydrogen-bond acceptors (Lipinski definition) is 7. The number of urea groups is 1. The highest BCUT2D eigenvalue weighted by Crippen LogP contribution is 2.27. The third-order valence-electron chi connectivity index (χ3n) is 6.93. The van der Waals surface area contributed by atoms with Crippen molar-refractivity contribution in [1.82, 2.24) is 20.9 Å². The molecule has 3 atom stereocenters. The number of rotatable bonds is 12. The second-order valence-corrected chi connectivity index (χ2v) is 11.1. The van der Waals surface area contributed by atoms with Crippen LogP contribution in [0, 0.1) is 5.82 Å². The Hall–Kier alpha value is -3.66. The molecular formula is C31H40ClFN7O3P. The number of nitrogens with zero attached hydrogens (tertiary/aromatic N) is 4. The molecule has 10 nitrogen and oxygen atoms in total. The van der Waals surface area contributed by atoms with Crippen LogP contribution >= 0.6 is 20.8 Å². The van der Waals surface area contributed by atoms with E-state index in [1.807, 2.05) is 39.0 Å². The largest absolute Gasteiger partial charge is 0.396 e. The summed E-state index contributed by atoms with van der Waals surface area (Å²) in [5.41, 5.74) is 3.73. The summed E-state index contributed by atoms with van der Waals surface area (Å²) in [5.74, 6) is -0.622. The topological polar surface area (TPSA) is 131 Å². The van der Waals surface area contributed by atoms with Crippen LogP contribution in [0.25, 0.3) is 0 Å². The summed E-state index contributed by atoms with van der Waals surface area (Å²) in [5, 5.41) is 18.2. The number of aliphatic hydroxyl groups is 1. The molecule has 1 heterocycles. The molecule has 1 aliphatic heterocycles. The van der Waals surface area contributed by atoms with Gasteiger partial charge < -0.3 is 15.3 Å². The van der Waals surface area contributed by atoms with E-state index in [9.17, 15) is 19.1 Å². The second kappa shape index (κ2) is 17.6. The summed E-state index contributed by atoms with van der Waals surface area (Å²) in [7, 11) is 2.46. The molecule has 3 unspecified atom stereocenters. The number of aliphatic imine (C=N–C) groups is 3. The van der Waals surface area contributed by atoms with Crippen LogP contribution in [0.15, 0.2) is 74.5 Å². The zero-order chi connectivity index (χ0) is 32.1. The number of guanidine groups is 1. The zero-order valence-corrected chi connectivity index (χ0v) is 27.1. The second-order valence-electron chi connectivity index (χ2n) is 10.1. The molecule has 0 spiro atoms. The Morgan fingerprint density at radius 2 is 2.14 bits per heavy atom. The molecule has 0 saturated heterocycles. The average molecular weight is 644 g/mol. The Morgan fingerprint density at radius 3 is 2.77 bits per heavy atom. The molecule has 0 fully saturated rings. The molecule has 1 aromatic carbocycles. The predicted molar refractivity (Wildman–Crippen MR) is 179 cm³/mol. The van der Waals surface area contributed by atoms with E-state index in [0.29, 0.717) is 35.8 Å². The molecule has 13 heteroatoms. The molecule has 0 saturated carbocycles. The fraction of sp³-hybridized carbons (Fsp3) is 0.387. The standard InChI is InChI=1S/C31H40ClFN7O3P/c1-4-8-21-15-26(37-23(6-3)9-12-41)20(5-2)14-27(21)38-30(36-19-42)39-31(43)40(18-29-34-10-7-11-35-29)17-22-13-24(32)25(33)16-28(22)44/h5,7,10-11,13-16,19,23,29,34,41H,4,6,8-9,12,17-18,44H2,1-3H3,(H2,36,38,39,42,43)/b20-5-,37-26?. The fourth-order valence-corrected chi connectivity index (χ4v) is 5.10. The van der Waals surface area contributed by atoms with Crippen LogP contribution in [0.4, 0.5) is 9.18 Å². The number of hydrogen-bond donors (Lipinski definition) is 4. The summed E-state index contributed by atoms with van der Waals surface area (Å²) in [6, 6.07) is 2.19. The number of aliphatic hydroxyl groups excluding tert-OH is 1. The Balaban J connectivity index is 1.94. The van der Waals surface area contributed by atoms with E-state index >= 15 is 0 Å². The molecule has 1 aliphatic carbocycles. The molecule has 3 rings (SSSR count). The Labute approximate surface area is 265 Å². The lowest BCUT2D eigenvalue weighted by molar-refractivity contribution is -0.108. The van der Waals surface area contributed by atoms with Crippen LogP contribution in [0.3, 0.4) is 0 Å². The van der Waals surface area contributed by atoms with Gasteiger partial charge in [-0.05, 0) is 84.8 Å². The lowest BCUT2D eigenvalue weighted by atomic mass is 9.94. The van der Waals surface area contributed by atoms with Gasteiger partial charge >= 0.3 is 6.03 Å². The first kappa shape index (κ1) is 34.8. The first-order valence-electron chi connectivity index (χ1n) is 14.5. The molecule has 0 bridgehead atoms. The van der Waals surface area contributed by atoms with Crippen molar-refractivity contribution < 1.29 is 19.1 Å². The number of amides is 3. The molecule has 1 aromatic rings. The van der Waals surface area contributed by atoms with E-state index in [-0.39, 0.29) is 36.7 Å². The maximum absolute atomic E-state index is 14.0. The van der Waals surface area contributed by atoms with E-state index < -0.39 is 18.0 Å². The van der Waals surface area contributed by atoms with Gasteiger partial charge in [0.1, 0.15) is 12.0 Å². The van der Waals surface area contributed by atoms with Gasteiger partial charge in [0.05, 0.1) is 29.0 Å². The third kappa shape index (κ3) is 9.94. The van der Waals surface area contributed by atoms with Crippen LogP contribution in [-0.2, 0) is 11.3 Å². The van der Waals surface area contributed by atoms with Crippen molar-refractivity contribution in [2.75, 3.05) is 13.2 Å². The van der Waals surface area contributed by atoms with E-state index in [0.717, 1.165) is 29.7 Å². The molecule has 0 aromatic heterocycles. The summed E-state index contributed by atoms with van der Waals surface area (Å²) in [6.07, 6.45) is 13.8. The van der Waals surface area contributed by atoms with Crippen LogP contribution < -0.4 is 21.3 Å². The predicted octanol–water partition coefficient (Wildman–Crippen LogP) is 4.28. The van der Waals surface area contributed by atoms with Crippen LogP contribution in [0.5, 0.6) is 0 Å². The number of halogens is 2. The zero-order valence-electron chi connectivity index (χ0n) is 25.2. The van der Waals surface area contributed by atoms with Crippen LogP contribution in [-0.4, -0.2) is 65.7 Å². The van der Waals surface area contributed by atoms with Crippen molar-refractivity contribution in [3.8, 4) is 0 Å². The summed E-state index contributed by atoms with van der Waals surface area (Å²) >= 11 is 6.05. The fourth-order valence-electron chi connectivity index (χ4n) is 4.59. The Kier molecular flexibility index (Phi) is 13.9. The van der Waals surface area contributed by atoms with E-state index in [1.54, 1.807) is 18.5 Å². The number of carbonyl (C=O) groups is 2. The van der Waals surface area contributed by atoms with Crippen molar-refractivity contribution in [2.24, 2.45) is 15.0 Å². The van der Waals surface area contributed by atoms with Gasteiger partial charge in [-0.15, -0.1) is 9.24 Å². The van der Waals surface area contributed by atoms with Gasteiger partial charge in [-0.2, -0.15) is 0 Å². The lowest BCUT2D eigenvalue weighted by Gasteiger charge is -2.28. The molecule has 236 valence electrons. The van der Waals surface area contributed by atoms with Gasteiger partial charge in [0.25, 0.3) is 0 Å². The SMILES string of the molecule is C/C=C1/C=C(N=C(NC=O)NC(=O)N(Cc2cc(Cl)c(F)cc2P)CC2N=CC=CN2)C(CCC)=CC1=NC(CC)CCO. The number of carbonyl (C=O) groups excluding carboxylic acids is 2. The molecule has 3 amide bonds. The quantitative estimate of drug-likeness (QED) is 0.117. The van der Waals surface area contributed by atoms with Crippen molar-refractivity contribution in [3.05, 3.63) is 75.9 Å². The number of benzene rings is 1. The van der Waals surface area contributed by atoms with Crippen molar-refractivity contribution in [2.45, 2.75) is 65.2 Å². The minimum Gasteiger partial charge on any atom is -0.396 e. The Bertz CT molecular complexity index is 1420. The summed E-state index contributed by atoms with van der Waals surface area (Å²) in [6.45, 7) is 6.27. The lowest BCUT2D eigenvalue weighted by Crippen LogP contribution is -2.50. The number of nitrogens with one attached hydrogen (secondary N) is 3.